The maximum atomic E-state index is 12.4. The number of benzene rings is 1. The molecule has 1 aromatic rings. The zero-order valence-corrected chi connectivity index (χ0v) is 12.3. The van der Waals surface area contributed by atoms with E-state index in [4.69, 9.17) is 5.73 Å². The molecule has 1 aliphatic carbocycles. The van der Waals surface area contributed by atoms with Gasteiger partial charge in [-0.05, 0) is 44.4 Å². The first-order chi connectivity index (χ1) is 9.54. The molecule has 0 saturated heterocycles. The third-order valence-electron chi connectivity index (χ3n) is 3.95. The van der Waals surface area contributed by atoms with Crippen molar-refractivity contribution in [2.75, 3.05) is 6.54 Å². The van der Waals surface area contributed by atoms with Crippen LogP contribution in [0.2, 0.25) is 0 Å². The Kier molecular flexibility index (Phi) is 4.46. The molecular weight excluding hydrogens is 248 g/mol. The number of aryl methyl sites for hydroxylation is 1. The molecule has 3 heteroatoms. The second-order valence-corrected chi connectivity index (χ2v) is 5.76. The van der Waals surface area contributed by atoms with Crippen LogP contribution in [0.1, 0.15) is 54.1 Å². The summed E-state index contributed by atoms with van der Waals surface area (Å²) in [6.45, 7) is 4.44. The number of hydrogen-bond acceptors (Lipinski definition) is 2. The van der Waals surface area contributed by atoms with Crippen molar-refractivity contribution in [2.45, 2.75) is 45.1 Å². The highest BCUT2D eigenvalue weighted by atomic mass is 16.1. The van der Waals surface area contributed by atoms with Crippen molar-refractivity contribution < 1.29 is 4.79 Å². The first-order valence-electron chi connectivity index (χ1n) is 7.16. The number of hydrogen-bond donors (Lipinski definition) is 2. The van der Waals surface area contributed by atoms with Crippen LogP contribution in [0, 0.1) is 18.8 Å². The van der Waals surface area contributed by atoms with Crippen molar-refractivity contribution in [3.8, 4) is 11.8 Å². The monoisotopic (exact) mass is 270 g/mol. The number of carbonyl (C=O) groups excluding carboxylic acids is 1. The quantitative estimate of drug-likeness (QED) is 0.811. The van der Waals surface area contributed by atoms with E-state index in [9.17, 15) is 4.79 Å². The average Bonchev–Trinajstić information content (AvgIpc) is 2.84. The SMILES string of the molecule is Cc1ccc(C(=O)NC2(C)CCCC2)cc1C#CCN. The van der Waals surface area contributed by atoms with Crippen molar-refractivity contribution in [1.29, 1.82) is 0 Å². The number of carbonyl (C=O) groups is 1. The minimum Gasteiger partial charge on any atom is -0.347 e. The molecule has 1 fully saturated rings. The van der Waals surface area contributed by atoms with Crippen LogP contribution in [0.15, 0.2) is 18.2 Å². The van der Waals surface area contributed by atoms with Gasteiger partial charge in [0.05, 0.1) is 6.54 Å². The van der Waals surface area contributed by atoms with Crippen molar-refractivity contribution in [3.05, 3.63) is 34.9 Å². The standard InChI is InChI=1S/C17H22N2O/c1-13-7-8-15(12-14(13)6-5-11-18)16(20)19-17(2)9-3-4-10-17/h7-8,12H,3-4,9-11,18H2,1-2H3,(H,19,20). The van der Waals surface area contributed by atoms with Crippen LogP contribution < -0.4 is 11.1 Å². The largest absolute Gasteiger partial charge is 0.347 e. The van der Waals surface area contributed by atoms with Gasteiger partial charge in [0.2, 0.25) is 0 Å². The molecule has 3 N–H and O–H groups in total. The zero-order chi connectivity index (χ0) is 14.6. The fraction of sp³-hybridized carbons (Fsp3) is 0.471. The predicted octanol–water partition coefficient (Wildman–Crippen LogP) is 2.37. The molecule has 2 rings (SSSR count). The maximum absolute atomic E-state index is 12.4. The summed E-state index contributed by atoms with van der Waals surface area (Å²) in [6.07, 6.45) is 4.50. The highest BCUT2D eigenvalue weighted by molar-refractivity contribution is 5.95. The van der Waals surface area contributed by atoms with Gasteiger partial charge in [-0.3, -0.25) is 4.79 Å². The molecule has 1 saturated carbocycles. The Morgan fingerprint density at radius 2 is 2.10 bits per heavy atom. The molecule has 0 aromatic heterocycles. The molecule has 0 bridgehead atoms. The lowest BCUT2D eigenvalue weighted by atomic mass is 9.99. The Morgan fingerprint density at radius 3 is 2.75 bits per heavy atom. The second-order valence-electron chi connectivity index (χ2n) is 5.76. The van der Waals surface area contributed by atoms with E-state index in [2.05, 4.69) is 24.1 Å². The lowest BCUT2D eigenvalue weighted by Gasteiger charge is -2.25. The van der Waals surface area contributed by atoms with Crippen LogP contribution in [0.25, 0.3) is 0 Å². The fourth-order valence-corrected chi connectivity index (χ4v) is 2.67. The van der Waals surface area contributed by atoms with Crippen LogP contribution in [-0.4, -0.2) is 18.0 Å². The Labute approximate surface area is 120 Å². The van der Waals surface area contributed by atoms with Gasteiger partial charge in [-0.1, -0.05) is 30.7 Å². The van der Waals surface area contributed by atoms with Gasteiger partial charge < -0.3 is 11.1 Å². The molecule has 3 nitrogen and oxygen atoms in total. The summed E-state index contributed by atoms with van der Waals surface area (Å²) < 4.78 is 0. The van der Waals surface area contributed by atoms with Crippen LogP contribution >= 0.6 is 0 Å². The molecule has 0 heterocycles. The van der Waals surface area contributed by atoms with Gasteiger partial charge in [-0.15, -0.1) is 0 Å². The Morgan fingerprint density at radius 1 is 1.40 bits per heavy atom. The summed E-state index contributed by atoms with van der Waals surface area (Å²) >= 11 is 0. The molecule has 1 aliphatic rings. The zero-order valence-electron chi connectivity index (χ0n) is 12.3. The van der Waals surface area contributed by atoms with Gasteiger partial charge in [0.1, 0.15) is 0 Å². The van der Waals surface area contributed by atoms with Gasteiger partial charge in [-0.25, -0.2) is 0 Å². The Bertz CT molecular complexity index is 560. The highest BCUT2D eigenvalue weighted by Crippen LogP contribution is 2.29. The smallest absolute Gasteiger partial charge is 0.251 e. The fourth-order valence-electron chi connectivity index (χ4n) is 2.67. The predicted molar refractivity (Wildman–Crippen MR) is 81.5 cm³/mol. The van der Waals surface area contributed by atoms with E-state index < -0.39 is 0 Å². The van der Waals surface area contributed by atoms with Gasteiger partial charge in [0.25, 0.3) is 5.91 Å². The first kappa shape index (κ1) is 14.6. The van der Waals surface area contributed by atoms with E-state index >= 15 is 0 Å². The van der Waals surface area contributed by atoms with E-state index in [1.54, 1.807) is 0 Å². The average molecular weight is 270 g/mol. The summed E-state index contributed by atoms with van der Waals surface area (Å²) in [7, 11) is 0. The summed E-state index contributed by atoms with van der Waals surface area (Å²) in [6, 6.07) is 5.65. The van der Waals surface area contributed by atoms with Crippen molar-refractivity contribution in [3.63, 3.8) is 0 Å². The molecule has 1 amide bonds. The van der Waals surface area contributed by atoms with E-state index in [1.165, 1.54) is 12.8 Å². The third kappa shape index (κ3) is 3.40. The lowest BCUT2D eigenvalue weighted by Crippen LogP contribution is -2.43. The Hall–Kier alpha value is -1.79. The molecule has 0 aliphatic heterocycles. The first-order valence-corrected chi connectivity index (χ1v) is 7.16. The highest BCUT2D eigenvalue weighted by Gasteiger charge is 2.30. The molecule has 0 unspecified atom stereocenters. The van der Waals surface area contributed by atoms with Gasteiger partial charge >= 0.3 is 0 Å². The second kappa shape index (κ2) is 6.11. The number of nitrogens with two attached hydrogens (primary N) is 1. The summed E-state index contributed by atoms with van der Waals surface area (Å²) in [5.41, 5.74) is 7.96. The molecule has 0 spiro atoms. The van der Waals surface area contributed by atoms with Crippen LogP contribution in [0.4, 0.5) is 0 Å². The molecule has 20 heavy (non-hydrogen) atoms. The van der Waals surface area contributed by atoms with Crippen LogP contribution in [-0.2, 0) is 0 Å². The van der Waals surface area contributed by atoms with Crippen LogP contribution in [0.3, 0.4) is 0 Å². The van der Waals surface area contributed by atoms with Crippen molar-refractivity contribution in [2.24, 2.45) is 5.73 Å². The van der Waals surface area contributed by atoms with Crippen LogP contribution in [0.5, 0.6) is 0 Å². The van der Waals surface area contributed by atoms with E-state index in [-0.39, 0.29) is 11.4 Å². The number of amides is 1. The van der Waals surface area contributed by atoms with Gasteiger partial charge in [0.15, 0.2) is 0 Å². The summed E-state index contributed by atoms with van der Waals surface area (Å²) in [5, 5.41) is 3.16. The molecule has 0 radical (unpaired) electrons. The summed E-state index contributed by atoms with van der Waals surface area (Å²) in [4.78, 5) is 12.4. The molecule has 1 aromatic carbocycles. The van der Waals surface area contributed by atoms with E-state index in [0.29, 0.717) is 12.1 Å². The minimum absolute atomic E-state index is 0.00908. The maximum Gasteiger partial charge on any atom is 0.251 e. The topological polar surface area (TPSA) is 55.1 Å². The number of rotatable bonds is 2. The molecular formula is C17H22N2O. The van der Waals surface area contributed by atoms with E-state index in [1.807, 2.05) is 25.1 Å². The molecule has 0 atom stereocenters. The number of nitrogens with one attached hydrogen (secondary N) is 1. The third-order valence-corrected chi connectivity index (χ3v) is 3.95. The molecule has 106 valence electrons. The lowest BCUT2D eigenvalue weighted by molar-refractivity contribution is 0.0908. The Balaban J connectivity index is 2.17. The minimum atomic E-state index is -0.0505. The van der Waals surface area contributed by atoms with Gasteiger partial charge in [0, 0.05) is 16.7 Å². The normalized spacial score (nSPS) is 16.4. The van der Waals surface area contributed by atoms with Crippen molar-refractivity contribution in [1.82, 2.24) is 5.32 Å². The van der Waals surface area contributed by atoms with Gasteiger partial charge in [-0.2, -0.15) is 0 Å². The summed E-state index contributed by atoms with van der Waals surface area (Å²) in [5.74, 6) is 5.85. The van der Waals surface area contributed by atoms with E-state index in [0.717, 1.165) is 24.0 Å². The van der Waals surface area contributed by atoms with Crippen molar-refractivity contribution >= 4 is 5.91 Å².